The van der Waals surface area contributed by atoms with Gasteiger partial charge in [-0.15, -0.1) is 0 Å². The number of aromatic nitrogens is 1. The Kier molecular flexibility index (Phi) is 3.05. The lowest BCUT2D eigenvalue weighted by atomic mass is 10.5. The summed E-state index contributed by atoms with van der Waals surface area (Å²) in [5.41, 5.74) is -0.204. The Morgan fingerprint density at radius 2 is 2.36 bits per heavy atom. The number of carboxylic acid groups (broad SMARTS) is 1. The lowest BCUT2D eigenvalue weighted by Gasteiger charge is -1.98. The molecule has 14 heavy (non-hydrogen) atoms. The maximum atomic E-state index is 10.8. The first-order valence-corrected chi connectivity index (χ1v) is 3.76. The quantitative estimate of drug-likeness (QED) is 0.605. The molecule has 76 valence electrons. The van der Waals surface area contributed by atoms with Gasteiger partial charge in [0.15, 0.2) is 5.69 Å². The molecule has 7 heteroatoms. The highest BCUT2D eigenvalue weighted by Crippen LogP contribution is 2.06. The molecule has 7 nitrogen and oxygen atoms in total. The van der Waals surface area contributed by atoms with E-state index >= 15 is 0 Å². The minimum atomic E-state index is -1.18. The molecule has 0 fully saturated rings. The molecule has 0 aliphatic carbocycles. The molecule has 1 amide bonds. The van der Waals surface area contributed by atoms with E-state index in [-0.39, 0.29) is 24.2 Å². The van der Waals surface area contributed by atoms with Crippen LogP contribution >= 0.6 is 0 Å². The van der Waals surface area contributed by atoms with E-state index in [2.05, 4.69) is 15.6 Å². The fraction of sp³-hybridized carbons (Fsp3) is 0.286. The number of oxazole rings is 1. The molecule has 0 bridgehead atoms. The second-order valence-electron chi connectivity index (χ2n) is 2.37. The SMILES string of the molecule is CNC(=O)CNc1nc(C(=O)O)co1. The van der Waals surface area contributed by atoms with Crippen molar-refractivity contribution in [3.8, 4) is 0 Å². The molecule has 1 rings (SSSR count). The van der Waals surface area contributed by atoms with Gasteiger partial charge in [-0.25, -0.2) is 4.79 Å². The Morgan fingerprint density at radius 1 is 1.64 bits per heavy atom. The third kappa shape index (κ3) is 2.47. The maximum absolute atomic E-state index is 10.8. The summed E-state index contributed by atoms with van der Waals surface area (Å²) in [6.07, 6.45) is 0.995. The van der Waals surface area contributed by atoms with E-state index in [1.165, 1.54) is 7.05 Å². The number of carbonyl (C=O) groups excluding carboxylic acids is 1. The molecule has 0 atom stereocenters. The van der Waals surface area contributed by atoms with Crippen molar-refractivity contribution in [3.05, 3.63) is 12.0 Å². The summed E-state index contributed by atoms with van der Waals surface area (Å²) in [5.74, 6) is -1.43. The number of hydrogen-bond acceptors (Lipinski definition) is 5. The number of nitrogens with one attached hydrogen (secondary N) is 2. The van der Waals surface area contributed by atoms with E-state index in [1.54, 1.807) is 0 Å². The average Bonchev–Trinajstić information content (AvgIpc) is 2.62. The highest BCUT2D eigenvalue weighted by Gasteiger charge is 2.10. The second kappa shape index (κ2) is 4.26. The summed E-state index contributed by atoms with van der Waals surface area (Å²) in [6.45, 7) is -0.0178. The average molecular weight is 199 g/mol. The molecule has 0 aliphatic rings. The van der Waals surface area contributed by atoms with Crippen molar-refractivity contribution in [3.63, 3.8) is 0 Å². The molecule has 0 aromatic carbocycles. The van der Waals surface area contributed by atoms with Crippen LogP contribution in [-0.2, 0) is 4.79 Å². The van der Waals surface area contributed by atoms with Crippen LogP contribution < -0.4 is 10.6 Å². The van der Waals surface area contributed by atoms with Gasteiger partial charge < -0.3 is 20.2 Å². The maximum Gasteiger partial charge on any atom is 0.357 e. The molecule has 3 N–H and O–H groups in total. The molecule has 1 aromatic heterocycles. The number of nitrogens with zero attached hydrogens (tertiary/aromatic N) is 1. The number of carboxylic acids is 1. The Morgan fingerprint density at radius 3 is 2.86 bits per heavy atom. The third-order valence-corrected chi connectivity index (χ3v) is 1.40. The first kappa shape index (κ1) is 10.0. The monoisotopic (exact) mass is 199 g/mol. The minimum absolute atomic E-state index is 0.00556. The fourth-order valence-electron chi connectivity index (χ4n) is 0.697. The van der Waals surface area contributed by atoms with Gasteiger partial charge in [0, 0.05) is 7.05 Å². The van der Waals surface area contributed by atoms with Crippen LogP contribution in [0.2, 0.25) is 0 Å². The Hall–Kier alpha value is -2.05. The van der Waals surface area contributed by atoms with Crippen LogP contribution in [0.25, 0.3) is 0 Å². The van der Waals surface area contributed by atoms with E-state index in [0.29, 0.717) is 0 Å². The molecule has 0 radical (unpaired) electrons. The van der Waals surface area contributed by atoms with Gasteiger partial charge in [-0.3, -0.25) is 4.79 Å². The van der Waals surface area contributed by atoms with Crippen molar-refractivity contribution < 1.29 is 19.1 Å². The summed E-state index contributed by atoms with van der Waals surface area (Å²) in [4.78, 5) is 24.7. The molecule has 0 unspecified atom stereocenters. The Bertz CT molecular complexity index is 346. The number of aromatic carboxylic acids is 1. The lowest BCUT2D eigenvalue weighted by Crippen LogP contribution is -2.26. The van der Waals surface area contributed by atoms with Crippen molar-refractivity contribution in [2.45, 2.75) is 0 Å². The number of rotatable bonds is 4. The van der Waals surface area contributed by atoms with E-state index in [0.717, 1.165) is 6.26 Å². The molecule has 0 aliphatic heterocycles. The van der Waals surface area contributed by atoms with Gasteiger partial charge in [0.1, 0.15) is 6.26 Å². The molecular weight excluding hydrogens is 190 g/mol. The Balaban J connectivity index is 2.52. The number of carbonyl (C=O) groups is 2. The van der Waals surface area contributed by atoms with E-state index in [1.807, 2.05) is 0 Å². The van der Waals surface area contributed by atoms with E-state index in [4.69, 9.17) is 9.52 Å². The summed E-state index contributed by atoms with van der Waals surface area (Å²) in [7, 11) is 1.49. The van der Waals surface area contributed by atoms with Crippen LogP contribution in [0.4, 0.5) is 6.01 Å². The first-order valence-electron chi connectivity index (χ1n) is 3.76. The van der Waals surface area contributed by atoms with Crippen molar-refractivity contribution in [2.75, 3.05) is 18.9 Å². The van der Waals surface area contributed by atoms with Crippen LogP contribution in [0.3, 0.4) is 0 Å². The zero-order chi connectivity index (χ0) is 10.6. The summed E-state index contributed by atoms with van der Waals surface area (Å²) < 4.78 is 4.74. The molecular formula is C7H9N3O4. The van der Waals surface area contributed by atoms with E-state index < -0.39 is 5.97 Å². The van der Waals surface area contributed by atoms with Crippen molar-refractivity contribution in [1.29, 1.82) is 0 Å². The number of hydrogen-bond donors (Lipinski definition) is 3. The van der Waals surface area contributed by atoms with Crippen molar-refractivity contribution in [1.82, 2.24) is 10.3 Å². The molecule has 0 saturated heterocycles. The summed E-state index contributed by atoms with van der Waals surface area (Å²) in [5, 5.41) is 13.4. The largest absolute Gasteiger partial charge is 0.476 e. The first-order chi connectivity index (χ1) is 6.63. The van der Waals surface area contributed by atoms with Gasteiger partial charge in [0.05, 0.1) is 6.54 Å². The summed E-state index contributed by atoms with van der Waals surface area (Å²) in [6, 6.07) is 0.00556. The van der Waals surface area contributed by atoms with Gasteiger partial charge in [-0.2, -0.15) is 4.98 Å². The summed E-state index contributed by atoms with van der Waals surface area (Å²) >= 11 is 0. The highest BCUT2D eigenvalue weighted by molar-refractivity contribution is 5.85. The molecule has 0 saturated carbocycles. The second-order valence-corrected chi connectivity index (χ2v) is 2.37. The smallest absolute Gasteiger partial charge is 0.357 e. The Labute approximate surface area is 79.1 Å². The molecule has 1 heterocycles. The topological polar surface area (TPSA) is 104 Å². The van der Waals surface area contributed by atoms with Crippen LogP contribution in [0.5, 0.6) is 0 Å². The van der Waals surface area contributed by atoms with Crippen LogP contribution in [0.15, 0.2) is 10.7 Å². The zero-order valence-corrected chi connectivity index (χ0v) is 7.40. The zero-order valence-electron chi connectivity index (χ0n) is 7.40. The van der Waals surface area contributed by atoms with Gasteiger partial charge in [0.25, 0.3) is 6.01 Å². The van der Waals surface area contributed by atoms with E-state index in [9.17, 15) is 9.59 Å². The predicted octanol–water partition coefficient (Wildman–Crippen LogP) is -0.469. The highest BCUT2D eigenvalue weighted by atomic mass is 16.4. The number of amides is 1. The van der Waals surface area contributed by atoms with Crippen LogP contribution in [-0.4, -0.2) is 35.6 Å². The molecule has 0 spiro atoms. The van der Waals surface area contributed by atoms with Gasteiger partial charge in [-0.1, -0.05) is 0 Å². The fourth-order valence-corrected chi connectivity index (χ4v) is 0.697. The minimum Gasteiger partial charge on any atom is -0.476 e. The standard InChI is InChI=1S/C7H9N3O4/c1-8-5(11)2-9-7-10-4(3-14-7)6(12)13/h3H,2H2,1H3,(H,8,11)(H,9,10)(H,12,13). The van der Waals surface area contributed by atoms with Crippen molar-refractivity contribution in [2.24, 2.45) is 0 Å². The number of anilines is 1. The van der Waals surface area contributed by atoms with Gasteiger partial charge in [0.2, 0.25) is 5.91 Å². The van der Waals surface area contributed by atoms with Crippen molar-refractivity contribution >= 4 is 17.9 Å². The van der Waals surface area contributed by atoms with Gasteiger partial charge in [-0.05, 0) is 0 Å². The third-order valence-electron chi connectivity index (χ3n) is 1.40. The van der Waals surface area contributed by atoms with Gasteiger partial charge >= 0.3 is 5.97 Å². The van der Waals surface area contributed by atoms with Crippen LogP contribution in [0, 0.1) is 0 Å². The normalized spacial score (nSPS) is 9.50. The lowest BCUT2D eigenvalue weighted by molar-refractivity contribution is -0.118. The number of likely N-dealkylation sites (N-methyl/N-ethyl adjacent to an activating group) is 1. The molecule has 1 aromatic rings. The predicted molar refractivity (Wildman–Crippen MR) is 46.0 cm³/mol. The van der Waals surface area contributed by atoms with Crippen LogP contribution in [0.1, 0.15) is 10.5 Å².